The zero-order chi connectivity index (χ0) is 13.0. The van der Waals surface area contributed by atoms with Crippen molar-refractivity contribution in [2.24, 2.45) is 5.73 Å². The first-order valence-electron chi connectivity index (χ1n) is 6.97. The van der Waals surface area contributed by atoms with Gasteiger partial charge in [-0.25, -0.2) is 0 Å². The number of pyridine rings is 1. The smallest absolute Gasteiger partial charge is 0.0270 e. The van der Waals surface area contributed by atoms with Gasteiger partial charge in [-0.05, 0) is 43.4 Å². The van der Waals surface area contributed by atoms with Gasteiger partial charge in [-0.3, -0.25) is 4.98 Å². The van der Waals surface area contributed by atoms with Crippen LogP contribution in [0.4, 0.5) is 0 Å². The second kappa shape index (κ2) is 5.81. The lowest BCUT2D eigenvalue weighted by molar-refractivity contribution is 0.320. The van der Waals surface area contributed by atoms with E-state index in [1.54, 1.807) is 0 Å². The first kappa shape index (κ1) is 13.5. The molecule has 100 valence electrons. The Hall–Kier alpha value is -0.930. The second-order valence-electron chi connectivity index (χ2n) is 6.11. The maximum atomic E-state index is 5.94. The van der Waals surface area contributed by atoms with Crippen LogP contribution in [0.25, 0.3) is 0 Å². The molecule has 0 amide bonds. The van der Waals surface area contributed by atoms with Crippen LogP contribution < -0.4 is 11.1 Å². The van der Waals surface area contributed by atoms with Gasteiger partial charge in [0, 0.05) is 36.4 Å². The first-order chi connectivity index (χ1) is 8.58. The molecule has 0 spiro atoms. The van der Waals surface area contributed by atoms with Gasteiger partial charge in [-0.15, -0.1) is 0 Å². The van der Waals surface area contributed by atoms with Crippen LogP contribution in [-0.2, 0) is 5.41 Å². The fourth-order valence-electron chi connectivity index (χ4n) is 2.63. The average molecular weight is 247 g/mol. The number of hydrogen-bond acceptors (Lipinski definition) is 3. The number of nitrogens with two attached hydrogens (primary N) is 1. The van der Waals surface area contributed by atoms with Crippen molar-refractivity contribution in [1.82, 2.24) is 10.3 Å². The third-order valence-electron chi connectivity index (χ3n) is 4.07. The summed E-state index contributed by atoms with van der Waals surface area (Å²) in [6.45, 7) is 5.57. The molecule has 3 heteroatoms. The minimum atomic E-state index is 0.155. The van der Waals surface area contributed by atoms with E-state index >= 15 is 0 Å². The zero-order valence-electron chi connectivity index (χ0n) is 11.5. The number of aromatic nitrogens is 1. The molecular weight excluding hydrogens is 222 g/mol. The van der Waals surface area contributed by atoms with Gasteiger partial charge in [0.15, 0.2) is 0 Å². The van der Waals surface area contributed by atoms with Gasteiger partial charge >= 0.3 is 0 Å². The van der Waals surface area contributed by atoms with Gasteiger partial charge in [0.1, 0.15) is 0 Å². The van der Waals surface area contributed by atoms with Gasteiger partial charge < -0.3 is 11.1 Å². The Balaban J connectivity index is 1.86. The average Bonchev–Trinajstić information content (AvgIpc) is 2.39. The van der Waals surface area contributed by atoms with Gasteiger partial charge in [-0.2, -0.15) is 0 Å². The molecule has 1 heterocycles. The highest BCUT2D eigenvalue weighted by Crippen LogP contribution is 2.23. The van der Waals surface area contributed by atoms with Crippen LogP contribution in [0.1, 0.15) is 45.1 Å². The minimum absolute atomic E-state index is 0.155. The Bertz CT molecular complexity index is 353. The lowest BCUT2D eigenvalue weighted by Crippen LogP contribution is -2.42. The van der Waals surface area contributed by atoms with E-state index in [1.165, 1.54) is 18.4 Å². The maximum Gasteiger partial charge on any atom is 0.0270 e. The van der Waals surface area contributed by atoms with Crippen molar-refractivity contribution < 1.29 is 0 Å². The fraction of sp³-hybridized carbons (Fsp3) is 0.667. The van der Waals surface area contributed by atoms with E-state index in [4.69, 9.17) is 5.73 Å². The molecule has 0 saturated heterocycles. The third-order valence-corrected chi connectivity index (χ3v) is 4.07. The van der Waals surface area contributed by atoms with Gasteiger partial charge in [0.25, 0.3) is 0 Å². The number of rotatable bonds is 4. The molecule has 2 rings (SSSR count). The molecule has 0 atom stereocenters. The Morgan fingerprint density at radius 3 is 2.44 bits per heavy atom. The van der Waals surface area contributed by atoms with Gasteiger partial charge in [-0.1, -0.05) is 13.8 Å². The molecule has 1 aromatic heterocycles. The molecule has 1 aliphatic rings. The predicted octanol–water partition coefficient (Wildman–Crippen LogP) is 2.22. The minimum Gasteiger partial charge on any atom is -0.328 e. The quantitative estimate of drug-likeness (QED) is 0.857. The highest BCUT2D eigenvalue weighted by Gasteiger charge is 2.23. The highest BCUT2D eigenvalue weighted by atomic mass is 14.9. The molecule has 1 saturated carbocycles. The lowest BCUT2D eigenvalue weighted by atomic mass is 9.84. The molecule has 1 aliphatic carbocycles. The van der Waals surface area contributed by atoms with E-state index in [-0.39, 0.29) is 5.41 Å². The fourth-order valence-corrected chi connectivity index (χ4v) is 2.63. The van der Waals surface area contributed by atoms with Crippen molar-refractivity contribution in [3.8, 4) is 0 Å². The Morgan fingerprint density at radius 2 is 1.83 bits per heavy atom. The van der Waals surface area contributed by atoms with Crippen LogP contribution in [0.2, 0.25) is 0 Å². The van der Waals surface area contributed by atoms with E-state index in [9.17, 15) is 0 Å². The number of nitrogens with one attached hydrogen (secondary N) is 1. The normalized spacial score (nSPS) is 25.1. The monoisotopic (exact) mass is 247 g/mol. The summed E-state index contributed by atoms with van der Waals surface area (Å²) in [6.07, 6.45) is 8.50. The van der Waals surface area contributed by atoms with Crippen molar-refractivity contribution >= 4 is 0 Å². The highest BCUT2D eigenvalue weighted by molar-refractivity contribution is 5.21. The zero-order valence-corrected chi connectivity index (χ0v) is 11.5. The third kappa shape index (κ3) is 3.53. The SMILES string of the molecule is CC(C)(CNC1CCC(N)CC1)c1ccncc1. The molecule has 0 bridgehead atoms. The van der Waals surface area contributed by atoms with Gasteiger partial charge in [0.05, 0.1) is 0 Å². The summed E-state index contributed by atoms with van der Waals surface area (Å²) in [5.41, 5.74) is 7.44. The number of nitrogens with zero attached hydrogens (tertiary/aromatic N) is 1. The second-order valence-corrected chi connectivity index (χ2v) is 6.11. The molecule has 18 heavy (non-hydrogen) atoms. The summed E-state index contributed by atoms with van der Waals surface area (Å²) >= 11 is 0. The molecule has 1 fully saturated rings. The van der Waals surface area contributed by atoms with Crippen molar-refractivity contribution in [1.29, 1.82) is 0 Å². The van der Waals surface area contributed by atoms with E-state index in [0.29, 0.717) is 12.1 Å². The predicted molar refractivity (Wildman–Crippen MR) is 75.5 cm³/mol. The molecule has 0 radical (unpaired) electrons. The summed E-state index contributed by atoms with van der Waals surface area (Å²) < 4.78 is 0. The van der Waals surface area contributed by atoms with Crippen LogP contribution in [0.5, 0.6) is 0 Å². The Labute approximate surface area is 110 Å². The number of hydrogen-bond donors (Lipinski definition) is 2. The van der Waals surface area contributed by atoms with E-state index in [2.05, 4.69) is 36.3 Å². The molecule has 3 nitrogen and oxygen atoms in total. The Kier molecular flexibility index (Phi) is 4.36. The summed E-state index contributed by atoms with van der Waals surface area (Å²) in [7, 11) is 0. The standard InChI is InChI=1S/C15H25N3/c1-15(2,12-7-9-17-10-8-12)11-18-14-5-3-13(16)4-6-14/h7-10,13-14,18H,3-6,11,16H2,1-2H3. The van der Waals surface area contributed by atoms with Gasteiger partial charge in [0.2, 0.25) is 0 Å². The molecule has 0 aromatic carbocycles. The molecule has 1 aromatic rings. The van der Waals surface area contributed by atoms with E-state index in [1.807, 2.05) is 12.4 Å². The maximum absolute atomic E-state index is 5.94. The first-order valence-corrected chi connectivity index (χ1v) is 6.97. The molecule has 0 unspecified atom stereocenters. The topological polar surface area (TPSA) is 50.9 Å². The van der Waals surface area contributed by atoms with Crippen LogP contribution in [0.15, 0.2) is 24.5 Å². The van der Waals surface area contributed by atoms with Crippen LogP contribution in [0, 0.1) is 0 Å². The summed E-state index contributed by atoms with van der Waals surface area (Å²) in [6, 6.07) is 5.29. The Morgan fingerprint density at radius 1 is 1.22 bits per heavy atom. The van der Waals surface area contributed by atoms with Crippen LogP contribution in [-0.4, -0.2) is 23.6 Å². The summed E-state index contributed by atoms with van der Waals surface area (Å²) in [4.78, 5) is 4.08. The van der Waals surface area contributed by atoms with Crippen molar-refractivity contribution in [2.45, 2.75) is 57.0 Å². The van der Waals surface area contributed by atoms with E-state index < -0.39 is 0 Å². The summed E-state index contributed by atoms with van der Waals surface area (Å²) in [5.74, 6) is 0. The summed E-state index contributed by atoms with van der Waals surface area (Å²) in [5, 5.41) is 3.70. The van der Waals surface area contributed by atoms with Crippen LogP contribution in [0.3, 0.4) is 0 Å². The van der Waals surface area contributed by atoms with Crippen molar-refractivity contribution in [3.05, 3.63) is 30.1 Å². The lowest BCUT2D eigenvalue weighted by Gasteiger charge is -2.32. The molecule has 0 aliphatic heterocycles. The molecule has 3 N–H and O–H groups in total. The van der Waals surface area contributed by atoms with Crippen molar-refractivity contribution in [2.75, 3.05) is 6.54 Å². The van der Waals surface area contributed by atoms with Crippen LogP contribution >= 0.6 is 0 Å². The van der Waals surface area contributed by atoms with E-state index in [0.717, 1.165) is 19.4 Å². The van der Waals surface area contributed by atoms with Crippen molar-refractivity contribution in [3.63, 3.8) is 0 Å². The molecular formula is C15H25N3. The largest absolute Gasteiger partial charge is 0.328 e.